The summed E-state index contributed by atoms with van der Waals surface area (Å²) in [6.45, 7) is 0.834. The minimum absolute atomic E-state index is 0.0491. The summed E-state index contributed by atoms with van der Waals surface area (Å²) in [5.41, 5.74) is 0.0491. The van der Waals surface area contributed by atoms with Gasteiger partial charge >= 0.3 is 5.97 Å². The van der Waals surface area contributed by atoms with Gasteiger partial charge in [0.25, 0.3) is 5.91 Å². The van der Waals surface area contributed by atoms with Crippen molar-refractivity contribution in [1.29, 1.82) is 0 Å². The SMILES string of the molecule is COC(=O)C1CCCN(C(=O)c2ccccc2F)C1. The second-order valence-corrected chi connectivity index (χ2v) is 4.59. The minimum atomic E-state index is -0.535. The number of esters is 1. The maximum absolute atomic E-state index is 13.6. The Labute approximate surface area is 111 Å². The third kappa shape index (κ3) is 2.92. The first-order valence-electron chi connectivity index (χ1n) is 6.25. The number of piperidine rings is 1. The van der Waals surface area contributed by atoms with Crippen LogP contribution in [0.2, 0.25) is 0 Å². The van der Waals surface area contributed by atoms with E-state index >= 15 is 0 Å². The lowest BCUT2D eigenvalue weighted by molar-refractivity contribution is -0.146. The highest BCUT2D eigenvalue weighted by Gasteiger charge is 2.30. The van der Waals surface area contributed by atoms with Crippen molar-refractivity contribution in [2.75, 3.05) is 20.2 Å². The lowest BCUT2D eigenvalue weighted by atomic mass is 9.97. The average Bonchev–Trinajstić information content (AvgIpc) is 2.46. The van der Waals surface area contributed by atoms with E-state index in [1.54, 1.807) is 12.1 Å². The van der Waals surface area contributed by atoms with Crippen LogP contribution >= 0.6 is 0 Å². The number of rotatable bonds is 2. The second kappa shape index (κ2) is 5.82. The van der Waals surface area contributed by atoms with E-state index in [0.29, 0.717) is 19.5 Å². The summed E-state index contributed by atoms with van der Waals surface area (Å²) in [4.78, 5) is 25.2. The van der Waals surface area contributed by atoms with Crippen LogP contribution in [0.1, 0.15) is 23.2 Å². The largest absolute Gasteiger partial charge is 0.469 e. The normalized spacial score (nSPS) is 19.1. The standard InChI is InChI=1S/C14H16FNO3/c1-19-14(18)10-5-4-8-16(9-10)13(17)11-6-2-3-7-12(11)15/h2-3,6-7,10H,4-5,8-9H2,1H3. The molecule has 0 N–H and O–H groups in total. The number of halogens is 1. The Morgan fingerprint density at radius 2 is 2.11 bits per heavy atom. The first kappa shape index (κ1) is 13.5. The first-order chi connectivity index (χ1) is 9.13. The van der Waals surface area contributed by atoms with Gasteiger partial charge in [-0.05, 0) is 25.0 Å². The molecule has 2 rings (SSSR count). The fourth-order valence-corrected chi connectivity index (χ4v) is 2.33. The number of carbonyl (C=O) groups is 2. The Kier molecular flexibility index (Phi) is 4.14. The van der Waals surface area contributed by atoms with Gasteiger partial charge in [-0.1, -0.05) is 12.1 Å². The maximum atomic E-state index is 13.6. The molecule has 1 unspecified atom stereocenters. The van der Waals surface area contributed by atoms with Gasteiger partial charge in [-0.15, -0.1) is 0 Å². The number of ether oxygens (including phenoxy) is 1. The van der Waals surface area contributed by atoms with E-state index < -0.39 is 5.82 Å². The molecule has 19 heavy (non-hydrogen) atoms. The molecule has 4 nitrogen and oxygen atoms in total. The van der Waals surface area contributed by atoms with Gasteiger partial charge in [0.15, 0.2) is 0 Å². The first-order valence-corrected chi connectivity index (χ1v) is 6.25. The van der Waals surface area contributed by atoms with E-state index in [-0.39, 0.29) is 23.4 Å². The average molecular weight is 265 g/mol. The highest BCUT2D eigenvalue weighted by atomic mass is 19.1. The third-order valence-electron chi connectivity index (χ3n) is 3.35. The summed E-state index contributed by atoms with van der Waals surface area (Å²) in [7, 11) is 1.33. The van der Waals surface area contributed by atoms with E-state index in [9.17, 15) is 14.0 Å². The predicted octanol–water partition coefficient (Wildman–Crippen LogP) is 1.85. The Hall–Kier alpha value is -1.91. The molecule has 1 aliphatic heterocycles. The lowest BCUT2D eigenvalue weighted by Gasteiger charge is -2.31. The van der Waals surface area contributed by atoms with Gasteiger partial charge in [-0.25, -0.2) is 4.39 Å². The molecular formula is C14H16FNO3. The van der Waals surface area contributed by atoms with Gasteiger partial charge in [0.2, 0.25) is 0 Å². The summed E-state index contributed by atoms with van der Waals surface area (Å²) in [5.74, 6) is -1.53. The monoisotopic (exact) mass is 265 g/mol. The van der Waals surface area contributed by atoms with Crippen LogP contribution in [-0.4, -0.2) is 37.0 Å². The number of amides is 1. The van der Waals surface area contributed by atoms with E-state index in [1.807, 2.05) is 0 Å². The fraction of sp³-hybridized carbons (Fsp3) is 0.429. The molecule has 1 saturated heterocycles. The molecule has 0 aliphatic carbocycles. The molecule has 1 aliphatic rings. The molecule has 0 spiro atoms. The number of carbonyl (C=O) groups excluding carboxylic acids is 2. The summed E-state index contributed by atoms with van der Waals surface area (Å²) in [5, 5.41) is 0. The molecule has 1 atom stereocenters. The Morgan fingerprint density at radius 1 is 1.37 bits per heavy atom. The van der Waals surface area contributed by atoms with Crippen LogP contribution in [0.5, 0.6) is 0 Å². The van der Waals surface area contributed by atoms with Crippen molar-refractivity contribution < 1.29 is 18.7 Å². The van der Waals surface area contributed by atoms with Crippen molar-refractivity contribution in [3.63, 3.8) is 0 Å². The molecular weight excluding hydrogens is 249 g/mol. The molecule has 0 aromatic heterocycles. The zero-order valence-corrected chi connectivity index (χ0v) is 10.8. The van der Waals surface area contributed by atoms with Crippen LogP contribution in [0.4, 0.5) is 4.39 Å². The molecule has 5 heteroatoms. The van der Waals surface area contributed by atoms with Gasteiger partial charge in [0.05, 0.1) is 18.6 Å². The number of likely N-dealkylation sites (tertiary alicyclic amines) is 1. The molecule has 1 heterocycles. The van der Waals surface area contributed by atoms with E-state index in [2.05, 4.69) is 0 Å². The number of hydrogen-bond donors (Lipinski definition) is 0. The number of nitrogens with zero attached hydrogens (tertiary/aromatic N) is 1. The smallest absolute Gasteiger partial charge is 0.310 e. The molecule has 0 radical (unpaired) electrons. The maximum Gasteiger partial charge on any atom is 0.310 e. The summed E-state index contributed by atoms with van der Waals surface area (Å²) < 4.78 is 18.3. The highest BCUT2D eigenvalue weighted by Crippen LogP contribution is 2.20. The van der Waals surface area contributed by atoms with Gasteiger partial charge in [-0.3, -0.25) is 9.59 Å². The fourth-order valence-electron chi connectivity index (χ4n) is 2.33. The van der Waals surface area contributed by atoms with Gasteiger partial charge < -0.3 is 9.64 Å². The second-order valence-electron chi connectivity index (χ2n) is 4.59. The zero-order valence-electron chi connectivity index (χ0n) is 10.8. The number of hydrogen-bond acceptors (Lipinski definition) is 3. The van der Waals surface area contributed by atoms with Crippen molar-refractivity contribution in [2.45, 2.75) is 12.8 Å². The number of methoxy groups -OCH3 is 1. The minimum Gasteiger partial charge on any atom is -0.469 e. The van der Waals surface area contributed by atoms with E-state index in [1.165, 1.54) is 24.1 Å². The van der Waals surface area contributed by atoms with E-state index in [4.69, 9.17) is 4.74 Å². The molecule has 1 aromatic rings. The molecule has 102 valence electrons. The quantitative estimate of drug-likeness (QED) is 0.767. The van der Waals surface area contributed by atoms with Crippen molar-refractivity contribution in [1.82, 2.24) is 4.90 Å². The highest BCUT2D eigenvalue weighted by molar-refractivity contribution is 5.94. The van der Waals surface area contributed by atoms with Crippen LogP contribution in [0, 0.1) is 11.7 Å². The molecule has 0 bridgehead atoms. The van der Waals surface area contributed by atoms with Gasteiger partial charge in [-0.2, -0.15) is 0 Å². The number of benzene rings is 1. The predicted molar refractivity (Wildman–Crippen MR) is 67.0 cm³/mol. The Balaban J connectivity index is 2.11. The molecule has 1 aromatic carbocycles. The Bertz CT molecular complexity index is 489. The van der Waals surface area contributed by atoms with Crippen molar-refractivity contribution in [2.24, 2.45) is 5.92 Å². The van der Waals surface area contributed by atoms with Crippen LogP contribution < -0.4 is 0 Å². The van der Waals surface area contributed by atoms with Gasteiger partial charge in [0, 0.05) is 13.1 Å². The molecule has 1 amide bonds. The van der Waals surface area contributed by atoms with Crippen LogP contribution in [0.25, 0.3) is 0 Å². The summed E-state index contributed by atoms with van der Waals surface area (Å²) >= 11 is 0. The zero-order chi connectivity index (χ0) is 13.8. The Morgan fingerprint density at radius 3 is 2.79 bits per heavy atom. The van der Waals surface area contributed by atoms with Crippen LogP contribution in [0.15, 0.2) is 24.3 Å². The third-order valence-corrected chi connectivity index (χ3v) is 3.35. The summed E-state index contributed by atoms with van der Waals surface area (Å²) in [6.07, 6.45) is 1.42. The van der Waals surface area contributed by atoms with E-state index in [0.717, 1.165) is 6.42 Å². The summed E-state index contributed by atoms with van der Waals surface area (Å²) in [6, 6.07) is 5.88. The molecule has 1 fully saturated rings. The molecule has 0 saturated carbocycles. The lowest BCUT2D eigenvalue weighted by Crippen LogP contribution is -2.42. The van der Waals surface area contributed by atoms with Gasteiger partial charge in [0.1, 0.15) is 5.82 Å². The van der Waals surface area contributed by atoms with Crippen LogP contribution in [0.3, 0.4) is 0 Å². The van der Waals surface area contributed by atoms with Crippen molar-refractivity contribution in [3.8, 4) is 0 Å². The van der Waals surface area contributed by atoms with Crippen molar-refractivity contribution in [3.05, 3.63) is 35.6 Å². The topological polar surface area (TPSA) is 46.6 Å². The van der Waals surface area contributed by atoms with Crippen molar-refractivity contribution >= 4 is 11.9 Å². The van der Waals surface area contributed by atoms with Crippen LogP contribution in [-0.2, 0) is 9.53 Å².